The van der Waals surface area contributed by atoms with E-state index in [9.17, 15) is 4.79 Å². The van der Waals surface area contributed by atoms with Crippen molar-refractivity contribution in [3.63, 3.8) is 0 Å². The van der Waals surface area contributed by atoms with Gasteiger partial charge in [0.05, 0.1) is 5.03 Å². The van der Waals surface area contributed by atoms with E-state index in [1.807, 2.05) is 13.1 Å². The third-order valence-corrected chi connectivity index (χ3v) is 3.06. The van der Waals surface area contributed by atoms with Crippen LogP contribution in [0.4, 0.5) is 0 Å². The van der Waals surface area contributed by atoms with Crippen LogP contribution in [-0.4, -0.2) is 16.6 Å². The first-order chi connectivity index (χ1) is 6.56. The average molecular weight is 209 g/mol. The molecule has 3 heteroatoms. The molecule has 0 saturated carbocycles. The van der Waals surface area contributed by atoms with Crippen molar-refractivity contribution in [2.24, 2.45) is 7.05 Å². The van der Waals surface area contributed by atoms with Crippen molar-refractivity contribution in [3.8, 4) is 0 Å². The van der Waals surface area contributed by atoms with Crippen LogP contribution in [0, 0.1) is 6.92 Å². The second-order valence-electron chi connectivity index (χ2n) is 3.26. The molecule has 0 N–H and O–H groups in total. The van der Waals surface area contributed by atoms with Crippen LogP contribution in [0.1, 0.15) is 18.2 Å². The molecule has 0 unspecified atom stereocenters. The van der Waals surface area contributed by atoms with E-state index in [4.69, 9.17) is 0 Å². The molecule has 0 aliphatic rings. The molecule has 0 aliphatic carbocycles. The normalized spacial score (nSPS) is 11.1. The Bertz CT molecular complexity index is 377. The number of carbonyl (C=O) groups is 1. The zero-order chi connectivity index (χ0) is 10.7. The van der Waals surface area contributed by atoms with Gasteiger partial charge in [-0.2, -0.15) is 0 Å². The number of ketones is 1. The third kappa shape index (κ3) is 2.29. The molecular weight excluding hydrogens is 194 g/mol. The second kappa shape index (κ2) is 4.51. The third-order valence-electron chi connectivity index (χ3n) is 2.08. The number of rotatable bonds is 3. The molecule has 14 heavy (non-hydrogen) atoms. The highest BCUT2D eigenvalue weighted by molar-refractivity contribution is 7.98. The Labute approximate surface area is 89.0 Å². The van der Waals surface area contributed by atoms with Gasteiger partial charge in [0.1, 0.15) is 0 Å². The summed E-state index contributed by atoms with van der Waals surface area (Å²) in [7, 11) is 2.01. The maximum Gasteiger partial charge on any atom is 0.152 e. The van der Waals surface area contributed by atoms with Crippen LogP contribution in [0.15, 0.2) is 17.2 Å². The highest BCUT2D eigenvalue weighted by Crippen LogP contribution is 2.23. The summed E-state index contributed by atoms with van der Waals surface area (Å²) >= 11 is 1.72. The summed E-state index contributed by atoms with van der Waals surface area (Å²) in [5.41, 5.74) is 2.32. The molecule has 0 radical (unpaired) electrons. The number of hydrogen-bond donors (Lipinski definition) is 0. The predicted octanol–water partition coefficient (Wildman–Crippen LogP) is 2.66. The van der Waals surface area contributed by atoms with Crippen LogP contribution < -0.4 is 0 Å². The van der Waals surface area contributed by atoms with Crippen molar-refractivity contribution in [1.82, 2.24) is 4.57 Å². The van der Waals surface area contributed by atoms with Crippen LogP contribution in [0.25, 0.3) is 6.08 Å². The fourth-order valence-electron chi connectivity index (χ4n) is 1.42. The Hall–Kier alpha value is -0.960. The Morgan fingerprint density at radius 2 is 2.21 bits per heavy atom. The molecule has 0 atom stereocenters. The van der Waals surface area contributed by atoms with Gasteiger partial charge in [0.25, 0.3) is 0 Å². The summed E-state index contributed by atoms with van der Waals surface area (Å²) in [5, 5.41) is 1.24. The lowest BCUT2D eigenvalue weighted by atomic mass is 10.3. The van der Waals surface area contributed by atoms with Gasteiger partial charge in [0, 0.05) is 12.7 Å². The zero-order valence-electron chi connectivity index (χ0n) is 9.00. The molecule has 1 heterocycles. The molecule has 0 fully saturated rings. The van der Waals surface area contributed by atoms with Gasteiger partial charge < -0.3 is 4.57 Å². The summed E-state index contributed by atoms with van der Waals surface area (Å²) in [6, 6.07) is 2.09. The van der Waals surface area contributed by atoms with Crippen molar-refractivity contribution >= 4 is 23.6 Å². The Balaban J connectivity index is 3.05. The fourth-order valence-corrected chi connectivity index (χ4v) is 2.18. The Morgan fingerprint density at radius 1 is 1.57 bits per heavy atom. The number of allylic oxidation sites excluding steroid dienone is 1. The Morgan fingerprint density at radius 3 is 2.64 bits per heavy atom. The van der Waals surface area contributed by atoms with Gasteiger partial charge in [-0.05, 0) is 43.9 Å². The second-order valence-corrected chi connectivity index (χ2v) is 4.06. The van der Waals surface area contributed by atoms with E-state index in [2.05, 4.69) is 23.8 Å². The monoisotopic (exact) mass is 209 g/mol. The van der Waals surface area contributed by atoms with Gasteiger partial charge in [-0.1, -0.05) is 0 Å². The number of hydrogen-bond acceptors (Lipinski definition) is 2. The largest absolute Gasteiger partial charge is 0.339 e. The smallest absolute Gasteiger partial charge is 0.152 e. The van der Waals surface area contributed by atoms with Gasteiger partial charge in [-0.3, -0.25) is 4.79 Å². The van der Waals surface area contributed by atoms with Crippen molar-refractivity contribution in [1.29, 1.82) is 0 Å². The zero-order valence-corrected chi connectivity index (χ0v) is 9.81. The predicted molar refractivity (Wildman–Crippen MR) is 61.6 cm³/mol. The Kier molecular flexibility index (Phi) is 3.58. The van der Waals surface area contributed by atoms with E-state index in [-0.39, 0.29) is 5.78 Å². The number of carbonyl (C=O) groups excluding carboxylic acids is 1. The van der Waals surface area contributed by atoms with Gasteiger partial charge in [0.15, 0.2) is 5.78 Å². The van der Waals surface area contributed by atoms with Crippen LogP contribution in [-0.2, 0) is 11.8 Å². The molecule has 0 aliphatic heterocycles. The van der Waals surface area contributed by atoms with Crippen molar-refractivity contribution in [2.45, 2.75) is 18.9 Å². The molecule has 1 rings (SSSR count). The van der Waals surface area contributed by atoms with E-state index < -0.39 is 0 Å². The average Bonchev–Trinajstić information content (AvgIpc) is 2.38. The van der Waals surface area contributed by atoms with Gasteiger partial charge >= 0.3 is 0 Å². The first-order valence-electron chi connectivity index (χ1n) is 4.45. The van der Waals surface area contributed by atoms with Crippen molar-refractivity contribution < 1.29 is 4.79 Å². The molecule has 0 saturated heterocycles. The fraction of sp³-hybridized carbons (Fsp3) is 0.364. The van der Waals surface area contributed by atoms with Crippen LogP contribution >= 0.6 is 11.8 Å². The minimum absolute atomic E-state index is 0.0783. The first-order valence-corrected chi connectivity index (χ1v) is 5.67. The van der Waals surface area contributed by atoms with Crippen LogP contribution in [0.3, 0.4) is 0 Å². The topological polar surface area (TPSA) is 22.0 Å². The van der Waals surface area contributed by atoms with Crippen LogP contribution in [0.2, 0.25) is 0 Å². The van der Waals surface area contributed by atoms with Gasteiger partial charge in [0.2, 0.25) is 0 Å². The lowest BCUT2D eigenvalue weighted by Gasteiger charge is -2.02. The summed E-state index contributed by atoms with van der Waals surface area (Å²) in [5.74, 6) is 0.0783. The van der Waals surface area contributed by atoms with E-state index in [1.165, 1.54) is 10.6 Å². The van der Waals surface area contributed by atoms with E-state index in [0.717, 1.165) is 5.69 Å². The highest BCUT2D eigenvalue weighted by Gasteiger charge is 2.05. The van der Waals surface area contributed by atoms with Crippen molar-refractivity contribution in [2.75, 3.05) is 6.26 Å². The lowest BCUT2D eigenvalue weighted by Crippen LogP contribution is -1.93. The molecule has 76 valence electrons. The lowest BCUT2D eigenvalue weighted by molar-refractivity contribution is -0.112. The molecule has 1 aromatic rings. The summed E-state index contributed by atoms with van der Waals surface area (Å²) in [6.45, 7) is 3.64. The summed E-state index contributed by atoms with van der Waals surface area (Å²) in [4.78, 5) is 10.8. The van der Waals surface area contributed by atoms with Gasteiger partial charge in [-0.25, -0.2) is 0 Å². The number of nitrogens with zero attached hydrogens (tertiary/aromatic N) is 1. The minimum atomic E-state index is 0.0783. The number of aromatic nitrogens is 1. The molecule has 0 bridgehead atoms. The van der Waals surface area contributed by atoms with Gasteiger partial charge in [-0.15, -0.1) is 11.8 Å². The number of aryl methyl sites for hydroxylation is 1. The van der Waals surface area contributed by atoms with Crippen molar-refractivity contribution in [3.05, 3.63) is 23.4 Å². The minimum Gasteiger partial charge on any atom is -0.339 e. The van der Waals surface area contributed by atoms with E-state index in [1.54, 1.807) is 24.8 Å². The highest BCUT2D eigenvalue weighted by atomic mass is 32.2. The molecule has 0 amide bonds. The molecule has 2 nitrogen and oxygen atoms in total. The quantitative estimate of drug-likeness (QED) is 0.564. The molecular formula is C11H15NOS. The molecule has 1 aromatic heterocycles. The standard InChI is InChI=1S/C11H15NOS/c1-8-7-10(6-5-9(2)13)12(3)11(8)14-4/h5-7H,1-4H3/b6-5+. The molecule has 0 aromatic carbocycles. The SMILES string of the molecule is CSc1c(C)cc(/C=C/C(C)=O)n1C. The number of thioether (sulfide) groups is 1. The summed E-state index contributed by atoms with van der Waals surface area (Å²) in [6.07, 6.45) is 5.51. The van der Waals surface area contributed by atoms with E-state index in [0.29, 0.717) is 0 Å². The summed E-state index contributed by atoms with van der Waals surface area (Å²) < 4.78 is 2.10. The first kappa shape index (κ1) is 11.1. The molecule has 0 spiro atoms. The van der Waals surface area contributed by atoms with Crippen LogP contribution in [0.5, 0.6) is 0 Å². The van der Waals surface area contributed by atoms with E-state index >= 15 is 0 Å². The maximum atomic E-state index is 10.8. The maximum absolute atomic E-state index is 10.8.